The average Bonchev–Trinajstić information content (AvgIpc) is 3.46. The predicted octanol–water partition coefficient (Wildman–Crippen LogP) is 3.80. The van der Waals surface area contributed by atoms with Crippen LogP contribution < -0.4 is 4.90 Å². The number of benzene rings is 1. The van der Waals surface area contributed by atoms with Crippen molar-refractivity contribution in [3.05, 3.63) is 47.3 Å². The molecule has 0 bridgehead atoms. The van der Waals surface area contributed by atoms with Crippen molar-refractivity contribution in [3.63, 3.8) is 0 Å². The van der Waals surface area contributed by atoms with Crippen LogP contribution in [0.15, 0.2) is 30.5 Å². The van der Waals surface area contributed by atoms with Crippen molar-refractivity contribution in [2.45, 2.75) is 33.0 Å². The number of ether oxygens (including phenoxy) is 1. The first kappa shape index (κ1) is 24.1. The number of rotatable bonds is 6. The summed E-state index contributed by atoms with van der Waals surface area (Å²) in [7, 11) is 0. The van der Waals surface area contributed by atoms with E-state index in [2.05, 4.69) is 5.10 Å². The van der Waals surface area contributed by atoms with Crippen LogP contribution in [0.1, 0.15) is 41.9 Å². The van der Waals surface area contributed by atoms with Crippen LogP contribution in [0.2, 0.25) is 0 Å². The first-order chi connectivity index (χ1) is 16.2. The van der Waals surface area contributed by atoms with Crippen molar-refractivity contribution in [3.8, 4) is 6.07 Å². The van der Waals surface area contributed by atoms with Crippen molar-refractivity contribution in [2.24, 2.45) is 11.3 Å². The normalized spacial score (nSPS) is 22.5. The molecule has 0 N–H and O–H groups in total. The average molecular weight is 476 g/mol. The third kappa shape index (κ3) is 4.49. The number of nitrogens with zero attached hydrogens (tertiary/aromatic N) is 5. The Kier molecular flexibility index (Phi) is 6.58. The topological polar surface area (TPSA) is 74.4 Å². The van der Waals surface area contributed by atoms with Gasteiger partial charge in [0.15, 0.2) is 0 Å². The Morgan fingerprint density at radius 1 is 1.29 bits per heavy atom. The Balaban J connectivity index is 1.58. The summed E-state index contributed by atoms with van der Waals surface area (Å²) in [5.41, 5.74) is -0.736. The van der Waals surface area contributed by atoms with Gasteiger partial charge in [-0.2, -0.15) is 23.5 Å². The van der Waals surface area contributed by atoms with E-state index in [0.29, 0.717) is 63.7 Å². The molecule has 34 heavy (non-hydrogen) atoms. The lowest BCUT2D eigenvalue weighted by atomic mass is 9.73. The van der Waals surface area contributed by atoms with Crippen LogP contribution in [0, 0.1) is 22.7 Å². The Hall–Kier alpha value is -3.06. The van der Waals surface area contributed by atoms with E-state index in [-0.39, 0.29) is 22.8 Å². The minimum atomic E-state index is -4.60. The predicted molar refractivity (Wildman–Crippen MR) is 119 cm³/mol. The van der Waals surface area contributed by atoms with Crippen LogP contribution in [-0.2, 0) is 17.5 Å². The summed E-state index contributed by atoms with van der Waals surface area (Å²) >= 11 is 0. The lowest BCUT2D eigenvalue weighted by molar-refractivity contribution is -0.137. The standard InChI is InChI=1S/C24H28F3N5O2/c1-3-32-9-7-21(29-32)22(33)31-14-18-13-30(10-8-23(18,15-31)16-34-4-2)19-6-5-17(12-28)20(11-19)24(25,26)27/h5-7,9,11,18H,3-4,8,10,13-16H2,1-2H3/t18-,23+/m1/s1. The van der Waals surface area contributed by atoms with E-state index < -0.39 is 11.7 Å². The number of halogens is 3. The molecule has 3 heterocycles. The van der Waals surface area contributed by atoms with E-state index in [0.717, 1.165) is 6.07 Å². The molecule has 0 unspecified atom stereocenters. The summed E-state index contributed by atoms with van der Waals surface area (Å²) in [4.78, 5) is 16.9. The third-order valence-corrected chi connectivity index (χ3v) is 6.99. The van der Waals surface area contributed by atoms with Crippen LogP contribution in [0.4, 0.5) is 18.9 Å². The molecule has 2 aromatic rings. The fourth-order valence-electron chi connectivity index (χ4n) is 5.09. The van der Waals surface area contributed by atoms with E-state index >= 15 is 0 Å². The third-order valence-electron chi connectivity index (χ3n) is 6.99. The maximum atomic E-state index is 13.5. The van der Waals surface area contributed by atoms with Gasteiger partial charge in [0.05, 0.1) is 23.8 Å². The number of hydrogen-bond acceptors (Lipinski definition) is 5. The number of amides is 1. The number of fused-ring (bicyclic) bond motifs is 1. The molecule has 0 saturated carbocycles. The number of nitriles is 1. The van der Waals surface area contributed by atoms with Crippen LogP contribution >= 0.6 is 0 Å². The van der Waals surface area contributed by atoms with E-state index in [9.17, 15) is 18.0 Å². The summed E-state index contributed by atoms with van der Waals surface area (Å²) in [6, 6.07) is 7.20. The molecule has 2 aliphatic heterocycles. The van der Waals surface area contributed by atoms with E-state index in [4.69, 9.17) is 10.00 Å². The molecule has 0 aliphatic carbocycles. The second kappa shape index (κ2) is 9.29. The molecular formula is C24H28F3N5O2. The number of aromatic nitrogens is 2. The highest BCUT2D eigenvalue weighted by Crippen LogP contribution is 2.45. The Bertz CT molecular complexity index is 1090. The lowest BCUT2D eigenvalue weighted by Gasteiger charge is -2.44. The van der Waals surface area contributed by atoms with Gasteiger partial charge < -0.3 is 14.5 Å². The quantitative estimate of drug-likeness (QED) is 0.636. The molecular weight excluding hydrogens is 447 g/mol. The molecule has 2 atom stereocenters. The number of carbonyl (C=O) groups is 1. The van der Waals surface area contributed by atoms with Gasteiger partial charge in [-0.05, 0) is 44.5 Å². The van der Waals surface area contributed by atoms with Gasteiger partial charge in [0.25, 0.3) is 5.91 Å². The van der Waals surface area contributed by atoms with Crippen LogP contribution in [0.5, 0.6) is 0 Å². The number of hydrogen-bond donors (Lipinski definition) is 0. The number of likely N-dealkylation sites (tertiary alicyclic amines) is 1. The molecule has 2 fully saturated rings. The van der Waals surface area contributed by atoms with Gasteiger partial charge in [0.2, 0.25) is 0 Å². The monoisotopic (exact) mass is 475 g/mol. The molecule has 182 valence electrons. The van der Waals surface area contributed by atoms with Gasteiger partial charge in [-0.3, -0.25) is 9.48 Å². The van der Waals surface area contributed by atoms with Crippen molar-refractivity contribution in [1.29, 1.82) is 5.26 Å². The Labute approximate surface area is 196 Å². The van der Waals surface area contributed by atoms with Gasteiger partial charge >= 0.3 is 6.18 Å². The van der Waals surface area contributed by atoms with E-state index in [1.54, 1.807) is 34.0 Å². The van der Waals surface area contributed by atoms with Crippen molar-refractivity contribution >= 4 is 11.6 Å². The zero-order valence-electron chi connectivity index (χ0n) is 19.3. The molecule has 1 amide bonds. The highest BCUT2D eigenvalue weighted by atomic mass is 19.4. The number of alkyl halides is 3. The van der Waals surface area contributed by atoms with Gasteiger partial charge in [0.1, 0.15) is 5.69 Å². The molecule has 0 radical (unpaired) electrons. The summed E-state index contributed by atoms with van der Waals surface area (Å²) < 4.78 is 48.0. The largest absolute Gasteiger partial charge is 0.417 e. The van der Waals surface area contributed by atoms with E-state index in [1.807, 2.05) is 18.7 Å². The maximum absolute atomic E-state index is 13.5. The smallest absolute Gasteiger partial charge is 0.381 e. The van der Waals surface area contributed by atoms with Gasteiger partial charge in [0, 0.05) is 62.5 Å². The van der Waals surface area contributed by atoms with Crippen LogP contribution in [0.3, 0.4) is 0 Å². The molecule has 7 nitrogen and oxygen atoms in total. The van der Waals surface area contributed by atoms with Gasteiger partial charge in [-0.25, -0.2) is 0 Å². The summed E-state index contributed by atoms with van der Waals surface area (Å²) in [6.07, 6.45) is -2.14. The summed E-state index contributed by atoms with van der Waals surface area (Å²) in [5, 5.41) is 13.4. The summed E-state index contributed by atoms with van der Waals surface area (Å²) in [6.45, 7) is 7.66. The molecule has 2 aliphatic rings. The van der Waals surface area contributed by atoms with Crippen molar-refractivity contribution in [1.82, 2.24) is 14.7 Å². The molecule has 10 heteroatoms. The molecule has 0 spiro atoms. The number of carbonyl (C=O) groups excluding carboxylic acids is 1. The highest BCUT2D eigenvalue weighted by Gasteiger charge is 2.51. The fourth-order valence-corrected chi connectivity index (χ4v) is 5.09. The van der Waals surface area contributed by atoms with Crippen LogP contribution in [-0.4, -0.2) is 60.0 Å². The first-order valence-electron chi connectivity index (χ1n) is 11.5. The lowest BCUT2D eigenvalue weighted by Crippen LogP contribution is -2.49. The second-order valence-electron chi connectivity index (χ2n) is 8.97. The highest BCUT2D eigenvalue weighted by molar-refractivity contribution is 5.92. The minimum absolute atomic E-state index is 0.0370. The minimum Gasteiger partial charge on any atom is -0.381 e. The second-order valence-corrected chi connectivity index (χ2v) is 8.97. The maximum Gasteiger partial charge on any atom is 0.417 e. The van der Waals surface area contributed by atoms with Crippen molar-refractivity contribution < 1.29 is 22.7 Å². The zero-order valence-corrected chi connectivity index (χ0v) is 19.3. The van der Waals surface area contributed by atoms with Gasteiger partial charge in [-0.1, -0.05) is 0 Å². The number of aryl methyl sites for hydroxylation is 1. The van der Waals surface area contributed by atoms with Crippen LogP contribution in [0.25, 0.3) is 0 Å². The summed E-state index contributed by atoms with van der Waals surface area (Å²) in [5.74, 6) is -0.100. The van der Waals surface area contributed by atoms with Crippen molar-refractivity contribution in [2.75, 3.05) is 44.3 Å². The molecule has 2 saturated heterocycles. The zero-order chi connectivity index (χ0) is 24.5. The number of piperidine rings is 1. The molecule has 4 rings (SSSR count). The molecule has 1 aromatic carbocycles. The fraction of sp³-hybridized carbons (Fsp3) is 0.542. The molecule has 1 aromatic heterocycles. The Morgan fingerprint density at radius 3 is 2.74 bits per heavy atom. The van der Waals surface area contributed by atoms with Gasteiger partial charge in [-0.15, -0.1) is 0 Å². The Morgan fingerprint density at radius 2 is 2.09 bits per heavy atom. The van der Waals surface area contributed by atoms with E-state index in [1.165, 1.54) is 6.07 Å². The first-order valence-corrected chi connectivity index (χ1v) is 11.5. The SMILES string of the molecule is CCOC[C@@]12CCN(c3ccc(C#N)c(C(F)(F)F)c3)C[C@@H]1CN(C(=O)c1ccn(CC)n1)C2. The number of anilines is 1.